The van der Waals surface area contributed by atoms with Gasteiger partial charge >= 0.3 is 0 Å². The molecule has 0 aromatic carbocycles. The smallest absolute Gasteiger partial charge is 0.243 e. The molecule has 116 valence electrons. The van der Waals surface area contributed by atoms with Gasteiger partial charge in [0.1, 0.15) is 6.04 Å². The number of amides is 2. The van der Waals surface area contributed by atoms with Crippen LogP contribution in [0.15, 0.2) is 18.3 Å². The summed E-state index contributed by atoms with van der Waals surface area (Å²) in [5, 5.41) is 2.94. The van der Waals surface area contributed by atoms with Crippen molar-refractivity contribution in [2.75, 3.05) is 6.54 Å². The second-order valence-electron chi connectivity index (χ2n) is 6.10. The first-order valence-electron chi connectivity index (χ1n) is 7.77. The van der Waals surface area contributed by atoms with Gasteiger partial charge in [-0.2, -0.15) is 0 Å². The summed E-state index contributed by atoms with van der Waals surface area (Å²) in [5.41, 5.74) is 0.969. The van der Waals surface area contributed by atoms with E-state index in [4.69, 9.17) is 0 Å². The second-order valence-corrected chi connectivity index (χ2v) is 6.10. The van der Waals surface area contributed by atoms with E-state index < -0.39 is 0 Å². The zero-order chi connectivity index (χ0) is 15.2. The summed E-state index contributed by atoms with van der Waals surface area (Å²) in [6.45, 7) is 5.34. The Morgan fingerprint density at radius 1 is 1.43 bits per heavy atom. The fourth-order valence-electron chi connectivity index (χ4n) is 2.76. The second kappa shape index (κ2) is 7.29. The third kappa shape index (κ3) is 4.34. The van der Waals surface area contributed by atoms with E-state index in [1.54, 1.807) is 4.90 Å². The molecule has 0 unspecified atom stereocenters. The molecule has 1 aromatic heterocycles. The molecule has 21 heavy (non-hydrogen) atoms. The summed E-state index contributed by atoms with van der Waals surface area (Å²) < 4.78 is 0. The fourth-order valence-corrected chi connectivity index (χ4v) is 2.76. The minimum atomic E-state index is -0.340. The molecule has 1 aromatic rings. The number of hydrogen-bond acceptors (Lipinski definition) is 2. The maximum absolute atomic E-state index is 12.5. The van der Waals surface area contributed by atoms with Crippen LogP contribution in [-0.2, 0) is 16.1 Å². The molecule has 0 spiro atoms. The number of carbonyl (C=O) groups is 2. The van der Waals surface area contributed by atoms with Crippen LogP contribution in [0.3, 0.4) is 0 Å². The highest BCUT2D eigenvalue weighted by molar-refractivity contribution is 5.88. The van der Waals surface area contributed by atoms with Crippen LogP contribution in [-0.4, -0.2) is 34.3 Å². The molecule has 1 aliphatic rings. The summed E-state index contributed by atoms with van der Waals surface area (Å²) in [6.07, 6.45) is 5.04. The molecule has 1 saturated heterocycles. The molecule has 2 N–H and O–H groups in total. The molecule has 2 amide bonds. The molecule has 1 aliphatic heterocycles. The molecule has 2 rings (SSSR count). The van der Waals surface area contributed by atoms with E-state index in [1.165, 1.54) is 0 Å². The molecular weight excluding hydrogens is 266 g/mol. The van der Waals surface area contributed by atoms with E-state index in [2.05, 4.69) is 24.1 Å². The quantitative estimate of drug-likeness (QED) is 0.842. The van der Waals surface area contributed by atoms with Gasteiger partial charge in [-0.1, -0.05) is 13.8 Å². The molecule has 5 nitrogen and oxygen atoms in total. The number of H-pyrrole nitrogens is 1. The predicted molar refractivity (Wildman–Crippen MR) is 81.4 cm³/mol. The van der Waals surface area contributed by atoms with Crippen molar-refractivity contribution >= 4 is 11.8 Å². The Morgan fingerprint density at radius 3 is 2.86 bits per heavy atom. The van der Waals surface area contributed by atoms with Crippen LogP contribution in [0.5, 0.6) is 0 Å². The number of carbonyl (C=O) groups excluding carboxylic acids is 2. The molecule has 5 heteroatoms. The van der Waals surface area contributed by atoms with E-state index >= 15 is 0 Å². The summed E-state index contributed by atoms with van der Waals surface area (Å²) in [4.78, 5) is 29.4. The maximum Gasteiger partial charge on any atom is 0.243 e. The number of aromatic nitrogens is 1. The molecule has 0 aliphatic carbocycles. The summed E-state index contributed by atoms with van der Waals surface area (Å²) in [6, 6.07) is 3.50. The number of aromatic amines is 1. The standard InChI is InChI=1S/C16H25N3O2/c1-12(2)10-14(19-9-4-3-7-15(19)20)16(21)18-11-13-6-5-8-17-13/h5-6,8,12,14,17H,3-4,7,9-11H2,1-2H3,(H,18,21)/t14-/m0/s1. The Hall–Kier alpha value is -1.78. The zero-order valence-electron chi connectivity index (χ0n) is 12.9. The SMILES string of the molecule is CC(C)C[C@@H](C(=O)NCc1ccc[nH]1)N1CCCCC1=O. The highest BCUT2D eigenvalue weighted by Crippen LogP contribution is 2.19. The molecule has 2 heterocycles. The number of nitrogens with one attached hydrogen (secondary N) is 2. The lowest BCUT2D eigenvalue weighted by Crippen LogP contribution is -2.51. The third-order valence-electron chi connectivity index (χ3n) is 3.85. The van der Waals surface area contributed by atoms with Gasteiger partial charge in [0.25, 0.3) is 0 Å². The minimum absolute atomic E-state index is 0.0476. The number of rotatable bonds is 6. The largest absolute Gasteiger partial charge is 0.364 e. The number of nitrogens with zero attached hydrogens (tertiary/aromatic N) is 1. The van der Waals surface area contributed by atoms with Gasteiger partial charge in [-0.25, -0.2) is 0 Å². The first-order valence-corrected chi connectivity index (χ1v) is 7.77. The zero-order valence-corrected chi connectivity index (χ0v) is 12.9. The van der Waals surface area contributed by atoms with Gasteiger partial charge in [-0.3, -0.25) is 9.59 Å². The van der Waals surface area contributed by atoms with Crippen molar-refractivity contribution in [3.8, 4) is 0 Å². The lowest BCUT2D eigenvalue weighted by atomic mass is 9.98. The molecule has 1 atom stereocenters. The van der Waals surface area contributed by atoms with Crippen molar-refractivity contribution < 1.29 is 9.59 Å². The van der Waals surface area contributed by atoms with Crippen LogP contribution in [0.25, 0.3) is 0 Å². The molecular formula is C16H25N3O2. The average Bonchev–Trinajstić information content (AvgIpc) is 2.96. The van der Waals surface area contributed by atoms with Crippen molar-refractivity contribution in [3.05, 3.63) is 24.0 Å². The van der Waals surface area contributed by atoms with Crippen LogP contribution < -0.4 is 5.32 Å². The number of likely N-dealkylation sites (tertiary alicyclic amines) is 1. The van der Waals surface area contributed by atoms with Crippen molar-refractivity contribution in [1.82, 2.24) is 15.2 Å². The van der Waals surface area contributed by atoms with Crippen LogP contribution in [0.1, 0.15) is 45.2 Å². The molecule has 0 radical (unpaired) electrons. The Labute approximate surface area is 126 Å². The van der Waals surface area contributed by atoms with Gasteiger partial charge in [0.2, 0.25) is 11.8 Å². The van der Waals surface area contributed by atoms with Crippen LogP contribution in [0.4, 0.5) is 0 Å². The summed E-state index contributed by atoms with van der Waals surface area (Å²) in [7, 11) is 0. The Kier molecular flexibility index (Phi) is 5.42. The van der Waals surface area contributed by atoms with Gasteiger partial charge < -0.3 is 15.2 Å². The van der Waals surface area contributed by atoms with Gasteiger partial charge in [0, 0.05) is 24.9 Å². The molecule has 1 fully saturated rings. The summed E-state index contributed by atoms with van der Waals surface area (Å²) >= 11 is 0. The molecule has 0 bridgehead atoms. The summed E-state index contributed by atoms with van der Waals surface area (Å²) in [5.74, 6) is 0.441. The van der Waals surface area contributed by atoms with Crippen LogP contribution in [0.2, 0.25) is 0 Å². The van der Waals surface area contributed by atoms with Crippen LogP contribution in [0, 0.1) is 5.92 Å². The number of piperidine rings is 1. The van der Waals surface area contributed by atoms with Crippen molar-refractivity contribution in [2.24, 2.45) is 5.92 Å². The topological polar surface area (TPSA) is 65.2 Å². The maximum atomic E-state index is 12.5. The van der Waals surface area contributed by atoms with Crippen molar-refractivity contribution in [3.63, 3.8) is 0 Å². The predicted octanol–water partition coefficient (Wildman–Crippen LogP) is 2.06. The lowest BCUT2D eigenvalue weighted by molar-refractivity contribution is -0.143. The molecule has 0 saturated carbocycles. The van der Waals surface area contributed by atoms with Gasteiger partial charge in [-0.05, 0) is 37.3 Å². The number of hydrogen-bond donors (Lipinski definition) is 2. The van der Waals surface area contributed by atoms with Gasteiger partial charge in [-0.15, -0.1) is 0 Å². The van der Waals surface area contributed by atoms with Crippen molar-refractivity contribution in [2.45, 2.75) is 52.1 Å². The monoisotopic (exact) mass is 291 g/mol. The minimum Gasteiger partial charge on any atom is -0.364 e. The first kappa shape index (κ1) is 15.6. The van der Waals surface area contributed by atoms with E-state index in [1.807, 2.05) is 18.3 Å². The Bertz CT molecular complexity index is 468. The lowest BCUT2D eigenvalue weighted by Gasteiger charge is -2.34. The van der Waals surface area contributed by atoms with Crippen LogP contribution >= 0.6 is 0 Å². The van der Waals surface area contributed by atoms with Gasteiger partial charge in [0.05, 0.1) is 6.54 Å². The van der Waals surface area contributed by atoms with E-state index in [0.717, 1.165) is 18.5 Å². The average molecular weight is 291 g/mol. The first-order chi connectivity index (χ1) is 10.1. The Morgan fingerprint density at radius 2 is 2.24 bits per heavy atom. The highest BCUT2D eigenvalue weighted by Gasteiger charge is 2.31. The highest BCUT2D eigenvalue weighted by atomic mass is 16.2. The fraction of sp³-hybridized carbons (Fsp3) is 0.625. The van der Waals surface area contributed by atoms with Gasteiger partial charge in [0.15, 0.2) is 0 Å². The van der Waals surface area contributed by atoms with E-state index in [-0.39, 0.29) is 17.9 Å². The Balaban J connectivity index is 2.00. The third-order valence-corrected chi connectivity index (χ3v) is 3.85. The normalized spacial score (nSPS) is 17.1. The van der Waals surface area contributed by atoms with Crippen molar-refractivity contribution in [1.29, 1.82) is 0 Å². The van der Waals surface area contributed by atoms with E-state index in [9.17, 15) is 9.59 Å². The van der Waals surface area contributed by atoms with E-state index in [0.29, 0.717) is 31.8 Å².